The van der Waals surface area contributed by atoms with Gasteiger partial charge in [0.15, 0.2) is 11.6 Å². The maximum absolute atomic E-state index is 13.7. The summed E-state index contributed by atoms with van der Waals surface area (Å²) in [5, 5.41) is 0. The number of Topliss-reactive ketones (excluding diaryl/α,β-unsaturated/α-hetero) is 1. The summed E-state index contributed by atoms with van der Waals surface area (Å²) in [7, 11) is 3.14. The van der Waals surface area contributed by atoms with Gasteiger partial charge in [0.05, 0.1) is 13.0 Å². The third-order valence-corrected chi connectivity index (χ3v) is 4.38. The molecule has 0 saturated carbocycles. The summed E-state index contributed by atoms with van der Waals surface area (Å²) in [5.41, 5.74) is -0.146. The predicted octanol–water partition coefficient (Wildman–Crippen LogP) is 3.50. The second-order valence-electron chi connectivity index (χ2n) is 8.58. The summed E-state index contributed by atoms with van der Waals surface area (Å²) >= 11 is 0. The highest BCUT2D eigenvalue weighted by Gasteiger charge is 2.28. The van der Waals surface area contributed by atoms with Gasteiger partial charge in [-0.05, 0) is 56.7 Å². The first-order chi connectivity index (χ1) is 15.3. The van der Waals surface area contributed by atoms with Crippen LogP contribution in [0.3, 0.4) is 0 Å². The number of nitrogens with zero attached hydrogens (tertiary/aromatic N) is 2. The lowest BCUT2D eigenvalue weighted by atomic mass is 10.1. The highest BCUT2D eigenvalue weighted by molar-refractivity contribution is 6.37. The molecule has 0 atom stereocenters. The summed E-state index contributed by atoms with van der Waals surface area (Å²) in [6.07, 6.45) is -0.801. The van der Waals surface area contributed by atoms with E-state index in [1.54, 1.807) is 47.0 Å². The number of anilines is 1. The number of amides is 2. The number of halogens is 2. The number of rotatable bonds is 7. The van der Waals surface area contributed by atoms with Gasteiger partial charge in [0, 0.05) is 25.3 Å². The summed E-state index contributed by atoms with van der Waals surface area (Å²) in [6, 6.07) is 9.22. The quantitative estimate of drug-likeness (QED) is 0.359. The largest absolute Gasteiger partial charge is 0.454 e. The maximum Gasteiger partial charge on any atom is 0.375 e. The standard InChI is InChI=1S/C24H26F2N2O5/c1-24(2,3)33-23(32)20(29)13-21(30)28(14-15-9-10-18(25)19(26)11-15)17-8-6-7-16(12-17)22(31)27(4)5/h6-12H,13-14H2,1-5H3. The van der Waals surface area contributed by atoms with Crippen LogP contribution in [0.4, 0.5) is 14.5 Å². The van der Waals surface area contributed by atoms with Gasteiger partial charge in [-0.3, -0.25) is 14.4 Å². The SMILES string of the molecule is CN(C)C(=O)c1cccc(N(Cc2ccc(F)c(F)c2)C(=O)CC(=O)C(=O)OC(C)(C)C)c1. The molecule has 0 aliphatic rings. The highest BCUT2D eigenvalue weighted by Crippen LogP contribution is 2.22. The minimum absolute atomic E-state index is 0.225. The molecule has 2 aromatic rings. The summed E-state index contributed by atoms with van der Waals surface area (Å²) in [4.78, 5) is 52.2. The van der Waals surface area contributed by atoms with Crippen LogP contribution in [-0.2, 0) is 25.7 Å². The van der Waals surface area contributed by atoms with E-state index in [0.29, 0.717) is 0 Å². The van der Waals surface area contributed by atoms with E-state index >= 15 is 0 Å². The van der Waals surface area contributed by atoms with Crippen LogP contribution >= 0.6 is 0 Å². The Bertz CT molecular complexity index is 1080. The van der Waals surface area contributed by atoms with Crippen molar-refractivity contribution in [2.75, 3.05) is 19.0 Å². The molecule has 0 bridgehead atoms. The van der Waals surface area contributed by atoms with Gasteiger partial charge in [0.1, 0.15) is 5.60 Å². The van der Waals surface area contributed by atoms with Crippen LogP contribution in [0.1, 0.15) is 43.1 Å². The van der Waals surface area contributed by atoms with Gasteiger partial charge in [0.25, 0.3) is 5.91 Å². The zero-order chi connectivity index (χ0) is 24.9. The smallest absolute Gasteiger partial charge is 0.375 e. The van der Waals surface area contributed by atoms with E-state index in [4.69, 9.17) is 4.74 Å². The number of carbonyl (C=O) groups is 4. The molecular formula is C24H26F2N2O5. The van der Waals surface area contributed by atoms with Crippen LogP contribution in [0.2, 0.25) is 0 Å². The topological polar surface area (TPSA) is 84.0 Å². The van der Waals surface area contributed by atoms with Crippen LogP contribution in [0.25, 0.3) is 0 Å². The monoisotopic (exact) mass is 460 g/mol. The van der Waals surface area contributed by atoms with E-state index in [1.807, 2.05) is 0 Å². The normalized spacial score (nSPS) is 11.0. The molecule has 0 unspecified atom stereocenters. The first-order valence-electron chi connectivity index (χ1n) is 10.1. The van der Waals surface area contributed by atoms with Gasteiger partial charge in [0.2, 0.25) is 11.7 Å². The first kappa shape index (κ1) is 25.6. The van der Waals surface area contributed by atoms with Crippen molar-refractivity contribution in [1.29, 1.82) is 0 Å². The molecule has 33 heavy (non-hydrogen) atoms. The Morgan fingerprint density at radius 3 is 2.18 bits per heavy atom. The lowest BCUT2D eigenvalue weighted by Gasteiger charge is -2.24. The number of ketones is 1. The summed E-state index contributed by atoms with van der Waals surface area (Å²) in [6.45, 7) is 4.53. The third kappa shape index (κ3) is 7.20. The third-order valence-electron chi connectivity index (χ3n) is 4.38. The Kier molecular flexibility index (Phi) is 8.03. The van der Waals surface area contributed by atoms with Crippen LogP contribution in [-0.4, -0.2) is 48.2 Å². The molecule has 0 aliphatic carbocycles. The van der Waals surface area contributed by atoms with Gasteiger partial charge in [-0.1, -0.05) is 12.1 Å². The maximum atomic E-state index is 13.7. The molecule has 0 aliphatic heterocycles. The van der Waals surface area contributed by atoms with Gasteiger partial charge >= 0.3 is 5.97 Å². The van der Waals surface area contributed by atoms with Gasteiger partial charge < -0.3 is 14.5 Å². The van der Waals surface area contributed by atoms with Crippen LogP contribution in [0.15, 0.2) is 42.5 Å². The Morgan fingerprint density at radius 2 is 1.61 bits per heavy atom. The Balaban J connectivity index is 2.38. The van der Waals surface area contributed by atoms with Crippen molar-refractivity contribution in [2.45, 2.75) is 39.3 Å². The molecule has 176 valence electrons. The van der Waals surface area contributed by atoms with Crippen molar-refractivity contribution < 1.29 is 32.7 Å². The minimum atomic E-state index is -1.15. The number of hydrogen-bond donors (Lipinski definition) is 0. The molecule has 0 radical (unpaired) electrons. The number of carbonyl (C=O) groups excluding carboxylic acids is 4. The highest BCUT2D eigenvalue weighted by atomic mass is 19.2. The molecule has 0 N–H and O–H groups in total. The minimum Gasteiger partial charge on any atom is -0.454 e. The van der Waals surface area contributed by atoms with Crippen molar-refractivity contribution in [2.24, 2.45) is 0 Å². The fraction of sp³-hybridized carbons (Fsp3) is 0.333. The average Bonchev–Trinajstić information content (AvgIpc) is 2.72. The zero-order valence-electron chi connectivity index (χ0n) is 19.1. The molecule has 2 amide bonds. The van der Waals surface area contributed by atoms with E-state index in [2.05, 4.69) is 0 Å². The average molecular weight is 460 g/mol. The number of ether oxygens (including phenoxy) is 1. The fourth-order valence-electron chi connectivity index (χ4n) is 2.85. The second kappa shape index (κ2) is 10.3. The molecule has 2 aromatic carbocycles. The zero-order valence-corrected chi connectivity index (χ0v) is 19.1. The number of benzene rings is 2. The molecule has 2 rings (SSSR count). The molecule has 0 heterocycles. The fourth-order valence-corrected chi connectivity index (χ4v) is 2.85. The molecule has 0 saturated heterocycles. The van der Waals surface area contributed by atoms with E-state index in [9.17, 15) is 28.0 Å². The lowest BCUT2D eigenvalue weighted by Crippen LogP contribution is -2.36. The summed E-state index contributed by atoms with van der Waals surface area (Å²) in [5.74, 6) is -5.44. The number of hydrogen-bond acceptors (Lipinski definition) is 5. The summed E-state index contributed by atoms with van der Waals surface area (Å²) < 4.78 is 32.1. The molecule has 0 fully saturated rings. The van der Waals surface area contributed by atoms with Gasteiger partial charge in [-0.15, -0.1) is 0 Å². The molecule has 9 heteroatoms. The van der Waals surface area contributed by atoms with Crippen LogP contribution in [0, 0.1) is 11.6 Å². The van der Waals surface area contributed by atoms with E-state index in [0.717, 1.165) is 17.0 Å². The molecule has 7 nitrogen and oxygen atoms in total. The predicted molar refractivity (Wildman–Crippen MR) is 117 cm³/mol. The van der Waals surface area contributed by atoms with Gasteiger partial charge in [-0.25, -0.2) is 13.6 Å². The first-order valence-corrected chi connectivity index (χ1v) is 10.1. The van der Waals surface area contributed by atoms with E-state index in [1.165, 1.54) is 23.1 Å². The Labute approximate surface area is 190 Å². The van der Waals surface area contributed by atoms with Crippen molar-refractivity contribution in [3.63, 3.8) is 0 Å². The van der Waals surface area contributed by atoms with Crippen molar-refractivity contribution in [3.05, 3.63) is 65.2 Å². The van der Waals surface area contributed by atoms with Crippen molar-refractivity contribution in [3.8, 4) is 0 Å². The van der Waals surface area contributed by atoms with Crippen LogP contribution in [0.5, 0.6) is 0 Å². The van der Waals surface area contributed by atoms with Gasteiger partial charge in [-0.2, -0.15) is 0 Å². The Hall–Kier alpha value is -3.62. The number of esters is 1. The molecule has 0 spiro atoms. The van der Waals surface area contributed by atoms with E-state index in [-0.39, 0.29) is 29.3 Å². The second-order valence-corrected chi connectivity index (χ2v) is 8.58. The Morgan fingerprint density at radius 1 is 0.939 bits per heavy atom. The molecular weight excluding hydrogens is 434 g/mol. The van der Waals surface area contributed by atoms with E-state index < -0.39 is 41.3 Å². The lowest BCUT2D eigenvalue weighted by molar-refractivity contribution is -0.163. The van der Waals surface area contributed by atoms with Crippen molar-refractivity contribution in [1.82, 2.24) is 4.90 Å². The van der Waals surface area contributed by atoms with Crippen molar-refractivity contribution >= 4 is 29.3 Å². The van der Waals surface area contributed by atoms with Crippen LogP contribution < -0.4 is 4.90 Å². The molecule has 0 aromatic heterocycles.